The summed E-state index contributed by atoms with van der Waals surface area (Å²) >= 11 is 0. The Balaban J connectivity index is 0.933. The molecule has 1 saturated heterocycles. The number of anilines is 1. The molecule has 1 fully saturated rings. The Morgan fingerprint density at radius 2 is 1.53 bits per heavy atom. The SMILES string of the molecule is CCN1C=C(C(=O)O)C(=O)C2C=C(F)C(N3CCN(C(=O)OCc4ccc(NC(=O)[C@H](CCCNC(N)=O)N5C=C([C@H](Cc6ccccc6)NC(=O)OCc6ccccc6)NN5)cc4)CC3)=CC21. The number of amides is 5. The van der Waals surface area contributed by atoms with Crippen molar-refractivity contribution in [2.45, 2.75) is 57.5 Å². The van der Waals surface area contributed by atoms with Gasteiger partial charge in [-0.15, -0.1) is 5.53 Å². The largest absolute Gasteiger partial charge is 0.478 e. The van der Waals surface area contributed by atoms with Crippen LogP contribution in [0.5, 0.6) is 0 Å². The Morgan fingerprint density at radius 3 is 2.19 bits per heavy atom. The fourth-order valence-electron chi connectivity index (χ4n) is 8.30. The number of aliphatic carboxylic acids is 1. The second kappa shape index (κ2) is 22.6. The number of benzene rings is 3. The van der Waals surface area contributed by atoms with E-state index in [1.807, 2.05) is 67.6 Å². The lowest BCUT2D eigenvalue weighted by atomic mass is 9.82. The van der Waals surface area contributed by atoms with Gasteiger partial charge in [0.05, 0.1) is 29.4 Å². The number of rotatable bonds is 18. The number of hydrogen-bond acceptors (Lipinski definition) is 13. The number of carboxylic acids is 1. The number of nitrogens with zero attached hydrogens (tertiary/aromatic N) is 4. The number of nitrogens with two attached hydrogens (primary N) is 1. The number of piperazine rings is 1. The third-order valence-electron chi connectivity index (χ3n) is 11.9. The van der Waals surface area contributed by atoms with Gasteiger partial charge in [0, 0.05) is 57.4 Å². The molecular weight excluding hydrogens is 880 g/mol. The fraction of sp³-hybridized carbons (Fsp3) is 0.333. The van der Waals surface area contributed by atoms with Gasteiger partial charge in [0.15, 0.2) is 5.78 Å². The van der Waals surface area contributed by atoms with Crippen LogP contribution in [0.1, 0.15) is 36.5 Å². The Labute approximate surface area is 392 Å². The Morgan fingerprint density at radius 1 is 0.868 bits per heavy atom. The number of alkyl carbamates (subject to hydrolysis) is 1. The van der Waals surface area contributed by atoms with E-state index in [1.54, 1.807) is 51.4 Å². The van der Waals surface area contributed by atoms with E-state index in [1.165, 1.54) is 17.2 Å². The minimum absolute atomic E-state index is 0.0456. The minimum Gasteiger partial charge on any atom is -0.478 e. The minimum atomic E-state index is -1.35. The fourth-order valence-corrected chi connectivity index (χ4v) is 8.30. The maximum atomic E-state index is 15.4. The summed E-state index contributed by atoms with van der Waals surface area (Å²) in [6.45, 7) is 3.64. The van der Waals surface area contributed by atoms with Gasteiger partial charge in [0.25, 0.3) is 0 Å². The third-order valence-corrected chi connectivity index (χ3v) is 11.9. The van der Waals surface area contributed by atoms with E-state index in [2.05, 4.69) is 26.9 Å². The van der Waals surface area contributed by atoms with Crippen molar-refractivity contribution < 1.29 is 47.7 Å². The van der Waals surface area contributed by atoms with E-state index in [-0.39, 0.29) is 44.3 Å². The monoisotopic (exact) mass is 934 g/mol. The lowest BCUT2D eigenvalue weighted by Crippen LogP contribution is -2.50. The van der Waals surface area contributed by atoms with Crippen molar-refractivity contribution in [1.82, 2.24) is 41.3 Å². The summed E-state index contributed by atoms with van der Waals surface area (Å²) < 4.78 is 26.6. The van der Waals surface area contributed by atoms with Gasteiger partial charge < -0.3 is 56.4 Å². The number of halogens is 1. The van der Waals surface area contributed by atoms with Crippen molar-refractivity contribution in [3.05, 3.63) is 149 Å². The number of carbonyl (C=O) groups is 6. The summed E-state index contributed by atoms with van der Waals surface area (Å²) in [5.41, 5.74) is 14.9. The van der Waals surface area contributed by atoms with E-state index in [0.29, 0.717) is 61.5 Å². The highest BCUT2D eigenvalue weighted by molar-refractivity contribution is 6.18. The number of ether oxygens (including phenoxy) is 2. The summed E-state index contributed by atoms with van der Waals surface area (Å²) in [6, 6.07) is 23.1. The maximum absolute atomic E-state index is 15.4. The average Bonchev–Trinajstić information content (AvgIpc) is 3.83. The van der Waals surface area contributed by atoms with Crippen LogP contribution in [0.25, 0.3) is 0 Å². The molecule has 19 nitrogen and oxygen atoms in total. The molecule has 3 aliphatic heterocycles. The second-order valence-electron chi connectivity index (χ2n) is 16.5. The van der Waals surface area contributed by atoms with Crippen LogP contribution >= 0.6 is 0 Å². The number of hydrazine groups is 2. The van der Waals surface area contributed by atoms with Crippen molar-refractivity contribution in [2.24, 2.45) is 11.7 Å². The molecule has 2 unspecified atom stereocenters. The zero-order chi connectivity index (χ0) is 48.2. The number of nitrogens with one attached hydrogen (secondary N) is 5. The molecule has 0 radical (unpaired) electrons. The smallest absolute Gasteiger partial charge is 0.410 e. The summed E-state index contributed by atoms with van der Waals surface area (Å²) in [7, 11) is 0. The molecule has 68 heavy (non-hydrogen) atoms. The van der Waals surface area contributed by atoms with Gasteiger partial charge in [-0.1, -0.05) is 72.8 Å². The van der Waals surface area contributed by atoms with Gasteiger partial charge in [-0.25, -0.2) is 23.6 Å². The molecule has 0 spiro atoms. The van der Waals surface area contributed by atoms with Crippen LogP contribution in [-0.2, 0) is 43.5 Å². The summed E-state index contributed by atoms with van der Waals surface area (Å²) in [5, 5.41) is 19.5. The number of hydrogen-bond donors (Lipinski definition) is 7. The quantitative estimate of drug-likeness (QED) is 0.0705. The highest BCUT2D eigenvalue weighted by Gasteiger charge is 2.42. The molecule has 8 N–H and O–H groups in total. The van der Waals surface area contributed by atoms with Gasteiger partial charge in [0.1, 0.15) is 30.7 Å². The topological polar surface area (TPSA) is 240 Å². The second-order valence-corrected chi connectivity index (χ2v) is 16.5. The molecule has 4 atom stereocenters. The highest BCUT2D eigenvalue weighted by Crippen LogP contribution is 2.35. The van der Waals surface area contributed by atoms with Crippen molar-refractivity contribution >= 4 is 41.6 Å². The van der Waals surface area contributed by atoms with Crippen LogP contribution in [0.2, 0.25) is 0 Å². The predicted octanol–water partition coefficient (Wildman–Crippen LogP) is 4.01. The normalized spacial score (nSPS) is 18.6. The Kier molecular flexibility index (Phi) is 15.9. The molecule has 5 amide bonds. The first kappa shape index (κ1) is 48.1. The summed E-state index contributed by atoms with van der Waals surface area (Å²) in [4.78, 5) is 81.0. The molecular formula is C48H55FN10O9. The van der Waals surface area contributed by atoms with Crippen LogP contribution in [0.15, 0.2) is 132 Å². The third kappa shape index (κ3) is 12.3. The molecule has 20 heteroatoms. The molecule has 0 aromatic heterocycles. The zero-order valence-electron chi connectivity index (χ0n) is 37.4. The van der Waals surface area contributed by atoms with E-state index in [4.69, 9.17) is 15.2 Å². The average molecular weight is 935 g/mol. The number of ketones is 1. The van der Waals surface area contributed by atoms with E-state index < -0.39 is 59.8 Å². The lowest BCUT2D eigenvalue weighted by molar-refractivity contribution is -0.136. The number of carboxylic acid groups (broad SMARTS) is 1. The summed E-state index contributed by atoms with van der Waals surface area (Å²) in [5.74, 6) is -3.93. The number of fused-ring (bicyclic) bond motifs is 1. The molecule has 0 bridgehead atoms. The lowest BCUT2D eigenvalue weighted by Gasteiger charge is -2.42. The first-order valence-electron chi connectivity index (χ1n) is 22.3. The van der Waals surface area contributed by atoms with Crippen molar-refractivity contribution in [1.29, 1.82) is 0 Å². The number of carbonyl (C=O) groups excluding carboxylic acids is 5. The van der Waals surface area contributed by atoms with Gasteiger partial charge in [-0.3, -0.25) is 14.6 Å². The highest BCUT2D eigenvalue weighted by atomic mass is 19.1. The van der Waals surface area contributed by atoms with E-state index in [9.17, 15) is 33.9 Å². The number of primary amides is 1. The Hall–Kier alpha value is -7.87. The van der Waals surface area contributed by atoms with E-state index >= 15 is 4.39 Å². The van der Waals surface area contributed by atoms with Gasteiger partial charge in [-0.05, 0) is 67.2 Å². The van der Waals surface area contributed by atoms with E-state index in [0.717, 1.165) is 11.1 Å². The number of urea groups is 1. The van der Waals surface area contributed by atoms with Crippen molar-refractivity contribution in [3.63, 3.8) is 0 Å². The molecule has 3 aromatic rings. The molecule has 0 saturated carbocycles. The maximum Gasteiger partial charge on any atom is 0.410 e. The first-order chi connectivity index (χ1) is 32.9. The summed E-state index contributed by atoms with van der Waals surface area (Å²) in [6.07, 6.45) is 5.81. The van der Waals surface area contributed by atoms with Crippen molar-refractivity contribution in [2.75, 3.05) is 44.6 Å². The first-order valence-corrected chi connectivity index (χ1v) is 22.3. The molecule has 1 aliphatic carbocycles. The van der Waals surface area contributed by atoms with Crippen molar-refractivity contribution in [3.8, 4) is 0 Å². The molecule has 358 valence electrons. The van der Waals surface area contributed by atoms with Crippen LogP contribution < -0.4 is 32.6 Å². The number of allylic oxidation sites excluding steroid dienone is 1. The zero-order valence-corrected chi connectivity index (χ0v) is 37.4. The number of likely N-dealkylation sites (N-methyl/N-ethyl adjacent to an activating group) is 1. The van der Waals surface area contributed by atoms with Crippen LogP contribution in [0, 0.1) is 5.92 Å². The molecule has 3 heterocycles. The Bertz CT molecular complexity index is 2440. The van der Waals surface area contributed by atoms with Gasteiger partial charge in [0.2, 0.25) is 5.91 Å². The molecule has 7 rings (SSSR count). The van der Waals surface area contributed by atoms with Crippen LogP contribution in [-0.4, -0.2) is 118 Å². The predicted molar refractivity (Wildman–Crippen MR) is 247 cm³/mol. The van der Waals surface area contributed by atoms with Crippen LogP contribution in [0.3, 0.4) is 0 Å². The molecule has 3 aromatic carbocycles. The number of Topliss-reactive ketones (excluding diaryl/α,β-unsaturated/α-hetero) is 1. The molecule has 4 aliphatic rings. The van der Waals surface area contributed by atoms with Gasteiger partial charge in [-0.2, -0.15) is 0 Å². The van der Waals surface area contributed by atoms with Gasteiger partial charge >= 0.3 is 24.2 Å². The standard InChI is InChI=1S/C48H55FN10O9/c1-2-56-27-36(45(62)63)43(60)35-25-37(49)42(26-41(35)56)57-20-22-58(23-21-57)48(66)68-30-33-15-17-34(18-16-33)52-44(61)40(14-9-19-51-46(50)64)59-28-39(54-55-59)38(24-31-10-5-3-6-11-31)53-47(65)67-29-32-12-7-4-8-13-32/h3-8,10-13,15-18,25-28,35,38,40-41,54-55H,2,9,14,19-24,29-30H2,1H3,(H,52,61)(H,53,65)(H,62,63)(H3,50,51,64)/t35?,38-,40-,41?/m0/s1. The van der Waals surface area contributed by atoms with Crippen LogP contribution in [0.4, 0.5) is 24.5 Å².